The van der Waals surface area contributed by atoms with Crippen LogP contribution >= 0.6 is 0 Å². The van der Waals surface area contributed by atoms with Gasteiger partial charge in [-0.05, 0) is 31.6 Å². The molecular weight excluding hydrogens is 252 g/mol. The summed E-state index contributed by atoms with van der Waals surface area (Å²) in [5.74, 6) is 0.576. The predicted octanol–water partition coefficient (Wildman–Crippen LogP) is 0.197. The molecule has 0 aromatic heterocycles. The Kier molecular flexibility index (Phi) is 4.27. The van der Waals surface area contributed by atoms with Crippen LogP contribution in [0.5, 0.6) is 0 Å². The average Bonchev–Trinajstić information content (AvgIpc) is 2.62. The van der Waals surface area contributed by atoms with Crippen LogP contribution in [0, 0.1) is 5.92 Å². The highest BCUT2D eigenvalue weighted by atomic mass is 32.2. The van der Waals surface area contributed by atoms with Gasteiger partial charge in [0.25, 0.3) is 0 Å². The fourth-order valence-electron chi connectivity index (χ4n) is 2.98. The summed E-state index contributed by atoms with van der Waals surface area (Å²) in [6.07, 6.45) is 4.96. The molecule has 1 aliphatic heterocycles. The molecule has 0 bridgehead atoms. The van der Waals surface area contributed by atoms with Gasteiger partial charge in [-0.1, -0.05) is 6.42 Å². The lowest BCUT2D eigenvalue weighted by atomic mass is 9.99. The van der Waals surface area contributed by atoms with Crippen molar-refractivity contribution in [3.63, 3.8) is 0 Å². The molecule has 6 heteroatoms. The smallest absolute Gasteiger partial charge is 0.220 e. The van der Waals surface area contributed by atoms with Crippen LogP contribution in [0.1, 0.15) is 38.5 Å². The van der Waals surface area contributed by atoms with E-state index in [0.717, 1.165) is 25.7 Å². The second kappa shape index (κ2) is 5.57. The van der Waals surface area contributed by atoms with Crippen LogP contribution in [-0.2, 0) is 14.6 Å². The highest BCUT2D eigenvalue weighted by Gasteiger charge is 2.29. The SMILES string of the molecule is N[C@@H]1CCC[C@H]1CC(=O)NC1CCCS(=O)(=O)C1. The van der Waals surface area contributed by atoms with Crippen molar-refractivity contribution in [1.82, 2.24) is 5.32 Å². The maximum atomic E-state index is 11.9. The minimum atomic E-state index is -2.95. The van der Waals surface area contributed by atoms with Crippen molar-refractivity contribution in [2.75, 3.05) is 11.5 Å². The van der Waals surface area contributed by atoms with Crippen molar-refractivity contribution in [3.8, 4) is 0 Å². The molecule has 2 fully saturated rings. The largest absolute Gasteiger partial charge is 0.352 e. The lowest BCUT2D eigenvalue weighted by Crippen LogP contribution is -2.44. The van der Waals surface area contributed by atoms with E-state index in [1.54, 1.807) is 0 Å². The zero-order valence-electron chi connectivity index (χ0n) is 10.6. The van der Waals surface area contributed by atoms with E-state index in [2.05, 4.69) is 5.32 Å². The van der Waals surface area contributed by atoms with Crippen LogP contribution in [0.4, 0.5) is 0 Å². The number of hydrogen-bond acceptors (Lipinski definition) is 4. The third-order valence-corrected chi connectivity index (χ3v) is 5.81. The third kappa shape index (κ3) is 3.68. The Hall–Kier alpha value is -0.620. The second-order valence-electron chi connectivity index (χ2n) is 5.58. The first-order valence-electron chi connectivity index (χ1n) is 6.71. The van der Waals surface area contributed by atoms with Crippen molar-refractivity contribution < 1.29 is 13.2 Å². The maximum absolute atomic E-state index is 11.9. The van der Waals surface area contributed by atoms with Gasteiger partial charge in [0.1, 0.15) is 0 Å². The van der Waals surface area contributed by atoms with E-state index >= 15 is 0 Å². The Labute approximate surface area is 108 Å². The summed E-state index contributed by atoms with van der Waals surface area (Å²) < 4.78 is 22.9. The average molecular weight is 274 g/mol. The summed E-state index contributed by atoms with van der Waals surface area (Å²) in [6.45, 7) is 0. The highest BCUT2D eigenvalue weighted by molar-refractivity contribution is 7.91. The van der Waals surface area contributed by atoms with Gasteiger partial charge in [0.2, 0.25) is 5.91 Å². The Morgan fingerprint density at radius 3 is 2.61 bits per heavy atom. The zero-order chi connectivity index (χ0) is 13.2. The quantitative estimate of drug-likeness (QED) is 0.769. The lowest BCUT2D eigenvalue weighted by Gasteiger charge is -2.24. The van der Waals surface area contributed by atoms with Gasteiger partial charge >= 0.3 is 0 Å². The van der Waals surface area contributed by atoms with E-state index in [1.165, 1.54) is 0 Å². The Morgan fingerprint density at radius 2 is 2.00 bits per heavy atom. The molecule has 5 nitrogen and oxygen atoms in total. The minimum Gasteiger partial charge on any atom is -0.352 e. The van der Waals surface area contributed by atoms with Gasteiger partial charge in [-0.3, -0.25) is 4.79 Å². The summed E-state index contributed by atoms with van der Waals surface area (Å²) in [7, 11) is -2.95. The van der Waals surface area contributed by atoms with Crippen molar-refractivity contribution in [1.29, 1.82) is 0 Å². The summed E-state index contributed by atoms with van der Waals surface area (Å²) in [4.78, 5) is 11.9. The molecule has 2 rings (SSSR count). The zero-order valence-corrected chi connectivity index (χ0v) is 11.4. The van der Waals surface area contributed by atoms with Crippen LogP contribution in [0.3, 0.4) is 0 Å². The van der Waals surface area contributed by atoms with E-state index in [-0.39, 0.29) is 35.4 Å². The van der Waals surface area contributed by atoms with Crippen molar-refractivity contribution in [2.24, 2.45) is 11.7 Å². The summed E-state index contributed by atoms with van der Waals surface area (Å²) in [5.41, 5.74) is 5.93. The first kappa shape index (κ1) is 13.8. The third-order valence-electron chi connectivity index (χ3n) is 3.99. The molecule has 0 aromatic rings. The Balaban J connectivity index is 1.80. The molecule has 1 unspecified atom stereocenters. The number of sulfone groups is 1. The van der Waals surface area contributed by atoms with Gasteiger partial charge in [-0.2, -0.15) is 0 Å². The normalized spacial score (nSPS) is 35.3. The fourth-order valence-corrected chi connectivity index (χ4v) is 4.62. The molecule has 104 valence electrons. The van der Waals surface area contributed by atoms with Crippen LogP contribution in [0.25, 0.3) is 0 Å². The van der Waals surface area contributed by atoms with Crippen LogP contribution < -0.4 is 11.1 Å². The molecule has 0 spiro atoms. The number of hydrogen-bond donors (Lipinski definition) is 2. The predicted molar refractivity (Wildman–Crippen MR) is 69.8 cm³/mol. The van der Waals surface area contributed by atoms with Gasteiger partial charge < -0.3 is 11.1 Å². The van der Waals surface area contributed by atoms with Crippen molar-refractivity contribution >= 4 is 15.7 Å². The number of carbonyl (C=O) groups is 1. The van der Waals surface area contributed by atoms with E-state index in [4.69, 9.17) is 5.73 Å². The summed E-state index contributed by atoms with van der Waals surface area (Å²) in [5, 5.41) is 2.85. The van der Waals surface area contributed by atoms with Crippen LogP contribution in [-0.4, -0.2) is 37.9 Å². The molecule has 1 amide bonds. The van der Waals surface area contributed by atoms with Crippen molar-refractivity contribution in [2.45, 2.75) is 50.6 Å². The molecule has 1 heterocycles. The first-order chi connectivity index (χ1) is 8.46. The number of carbonyl (C=O) groups excluding carboxylic acids is 1. The summed E-state index contributed by atoms with van der Waals surface area (Å²) >= 11 is 0. The standard InChI is InChI=1S/C12H22N2O3S/c13-11-5-1-3-9(11)7-12(15)14-10-4-2-6-18(16,17)8-10/h9-11H,1-8,13H2,(H,14,15)/t9-,10?,11+/m0/s1. The molecule has 0 aromatic carbocycles. The van der Waals surface area contributed by atoms with Gasteiger partial charge in [0.15, 0.2) is 9.84 Å². The molecule has 18 heavy (non-hydrogen) atoms. The molecule has 0 radical (unpaired) electrons. The first-order valence-corrected chi connectivity index (χ1v) is 8.54. The topological polar surface area (TPSA) is 89.3 Å². The Morgan fingerprint density at radius 1 is 1.22 bits per heavy atom. The molecule has 1 aliphatic carbocycles. The number of nitrogens with two attached hydrogens (primary N) is 1. The van der Waals surface area contributed by atoms with Crippen LogP contribution in [0.2, 0.25) is 0 Å². The molecule has 1 saturated carbocycles. The lowest BCUT2D eigenvalue weighted by molar-refractivity contribution is -0.122. The maximum Gasteiger partial charge on any atom is 0.220 e. The minimum absolute atomic E-state index is 0.0422. The monoisotopic (exact) mass is 274 g/mol. The van der Waals surface area contributed by atoms with Crippen molar-refractivity contribution in [3.05, 3.63) is 0 Å². The molecule has 2 aliphatic rings. The molecule has 3 atom stereocenters. The van der Waals surface area contributed by atoms with Gasteiger partial charge in [0.05, 0.1) is 11.5 Å². The molecule has 1 saturated heterocycles. The number of nitrogens with one attached hydrogen (secondary N) is 1. The van der Waals surface area contributed by atoms with E-state index in [9.17, 15) is 13.2 Å². The molecule has 3 N–H and O–H groups in total. The molecular formula is C12H22N2O3S. The van der Waals surface area contributed by atoms with Crippen LogP contribution in [0.15, 0.2) is 0 Å². The second-order valence-corrected chi connectivity index (χ2v) is 7.81. The van der Waals surface area contributed by atoms with E-state index in [1.807, 2.05) is 0 Å². The van der Waals surface area contributed by atoms with E-state index in [0.29, 0.717) is 12.8 Å². The van der Waals surface area contributed by atoms with Gasteiger partial charge in [0, 0.05) is 18.5 Å². The van der Waals surface area contributed by atoms with Gasteiger partial charge in [-0.15, -0.1) is 0 Å². The van der Waals surface area contributed by atoms with Gasteiger partial charge in [-0.25, -0.2) is 8.42 Å². The number of amides is 1. The Bertz CT molecular complexity index is 408. The fraction of sp³-hybridized carbons (Fsp3) is 0.917. The summed E-state index contributed by atoms with van der Waals surface area (Å²) in [6, 6.07) is -0.0697. The van der Waals surface area contributed by atoms with E-state index < -0.39 is 9.84 Å². The number of rotatable bonds is 3. The highest BCUT2D eigenvalue weighted by Crippen LogP contribution is 2.26.